The van der Waals surface area contributed by atoms with Gasteiger partial charge in [0.1, 0.15) is 11.3 Å². The third-order valence-electron chi connectivity index (χ3n) is 2.32. The molecule has 0 radical (unpaired) electrons. The van der Waals surface area contributed by atoms with Crippen LogP contribution in [0, 0.1) is 13.8 Å². The molecule has 0 spiro atoms. The van der Waals surface area contributed by atoms with Gasteiger partial charge in [0, 0.05) is 0 Å². The summed E-state index contributed by atoms with van der Waals surface area (Å²) in [5, 5.41) is 27.0. The topological polar surface area (TPSA) is 94.8 Å². The second-order valence-corrected chi connectivity index (χ2v) is 3.18. The molecule has 1 aromatic carbocycles. The molecule has 0 heterocycles. The number of benzene rings is 1. The fourth-order valence-electron chi connectivity index (χ4n) is 1.39. The summed E-state index contributed by atoms with van der Waals surface area (Å²) >= 11 is 0. The van der Waals surface area contributed by atoms with Gasteiger partial charge in [0.15, 0.2) is 0 Å². The molecule has 15 heavy (non-hydrogen) atoms. The smallest absolute Gasteiger partial charge is 0.339 e. The molecule has 0 unspecified atom stereocenters. The molecule has 0 aliphatic rings. The number of aromatic hydroxyl groups is 1. The van der Waals surface area contributed by atoms with E-state index in [0.29, 0.717) is 5.56 Å². The van der Waals surface area contributed by atoms with E-state index in [1.807, 2.05) is 0 Å². The quantitative estimate of drug-likeness (QED) is 0.685. The van der Waals surface area contributed by atoms with Gasteiger partial charge in [0.25, 0.3) is 0 Å². The van der Waals surface area contributed by atoms with Crippen LogP contribution in [0.5, 0.6) is 5.75 Å². The van der Waals surface area contributed by atoms with Crippen molar-refractivity contribution in [1.82, 2.24) is 0 Å². The molecular formula is C10H10O5. The van der Waals surface area contributed by atoms with E-state index in [-0.39, 0.29) is 16.7 Å². The van der Waals surface area contributed by atoms with Crippen LogP contribution in [0.15, 0.2) is 6.07 Å². The Morgan fingerprint density at radius 1 is 1.07 bits per heavy atom. The zero-order chi connectivity index (χ0) is 11.7. The Labute approximate surface area is 85.6 Å². The number of aromatic carboxylic acids is 2. The van der Waals surface area contributed by atoms with Crippen LogP contribution < -0.4 is 0 Å². The molecule has 0 aliphatic carbocycles. The first-order valence-corrected chi connectivity index (χ1v) is 4.16. The third-order valence-corrected chi connectivity index (χ3v) is 2.32. The molecule has 0 fully saturated rings. The van der Waals surface area contributed by atoms with Crippen LogP contribution in [0.4, 0.5) is 0 Å². The van der Waals surface area contributed by atoms with Crippen LogP contribution >= 0.6 is 0 Å². The molecule has 0 amide bonds. The maximum Gasteiger partial charge on any atom is 0.339 e. The molecule has 0 aromatic heterocycles. The predicted molar refractivity (Wildman–Crippen MR) is 51.5 cm³/mol. The third kappa shape index (κ3) is 1.76. The van der Waals surface area contributed by atoms with Crippen molar-refractivity contribution >= 4 is 11.9 Å². The van der Waals surface area contributed by atoms with Crippen LogP contribution in [-0.2, 0) is 0 Å². The largest absolute Gasteiger partial charge is 0.507 e. The van der Waals surface area contributed by atoms with Crippen molar-refractivity contribution in [2.24, 2.45) is 0 Å². The Morgan fingerprint density at radius 2 is 1.60 bits per heavy atom. The van der Waals surface area contributed by atoms with Crippen molar-refractivity contribution in [3.63, 3.8) is 0 Å². The molecule has 0 atom stereocenters. The summed E-state index contributed by atoms with van der Waals surface area (Å²) in [5.41, 5.74) is 0.269. The van der Waals surface area contributed by atoms with Crippen LogP contribution in [0.25, 0.3) is 0 Å². The van der Waals surface area contributed by atoms with Crippen LogP contribution in [-0.4, -0.2) is 27.3 Å². The molecule has 0 saturated carbocycles. The Hall–Kier alpha value is -2.04. The molecule has 1 aromatic rings. The maximum absolute atomic E-state index is 10.8. The van der Waals surface area contributed by atoms with E-state index in [1.165, 1.54) is 13.8 Å². The minimum atomic E-state index is -1.27. The first kappa shape index (κ1) is 11.0. The average molecular weight is 210 g/mol. The lowest BCUT2D eigenvalue weighted by Crippen LogP contribution is -2.07. The van der Waals surface area contributed by atoms with Gasteiger partial charge < -0.3 is 15.3 Å². The van der Waals surface area contributed by atoms with Gasteiger partial charge in [-0.2, -0.15) is 0 Å². The summed E-state index contributed by atoms with van der Waals surface area (Å²) in [7, 11) is 0. The summed E-state index contributed by atoms with van der Waals surface area (Å²) in [6, 6.07) is 0.952. The summed E-state index contributed by atoms with van der Waals surface area (Å²) in [5.74, 6) is -2.99. The van der Waals surface area contributed by atoms with Gasteiger partial charge in [-0.1, -0.05) is 0 Å². The highest BCUT2D eigenvalue weighted by Gasteiger charge is 2.20. The van der Waals surface area contributed by atoms with Crippen molar-refractivity contribution < 1.29 is 24.9 Å². The number of phenols is 1. The highest BCUT2D eigenvalue weighted by molar-refractivity contribution is 5.97. The summed E-state index contributed by atoms with van der Waals surface area (Å²) in [4.78, 5) is 21.5. The van der Waals surface area contributed by atoms with E-state index in [4.69, 9.17) is 10.2 Å². The maximum atomic E-state index is 10.8. The van der Waals surface area contributed by atoms with Gasteiger partial charge in [-0.25, -0.2) is 9.59 Å². The van der Waals surface area contributed by atoms with E-state index < -0.39 is 17.7 Å². The minimum absolute atomic E-state index is 0.0880. The van der Waals surface area contributed by atoms with Crippen LogP contribution in [0.1, 0.15) is 31.8 Å². The van der Waals surface area contributed by atoms with Crippen molar-refractivity contribution in [2.75, 3.05) is 0 Å². The molecule has 5 nitrogen and oxygen atoms in total. The zero-order valence-electron chi connectivity index (χ0n) is 8.24. The van der Waals surface area contributed by atoms with Gasteiger partial charge in [-0.05, 0) is 31.0 Å². The lowest BCUT2D eigenvalue weighted by atomic mass is 9.97. The van der Waals surface area contributed by atoms with E-state index in [9.17, 15) is 14.7 Å². The van der Waals surface area contributed by atoms with Gasteiger partial charge in [0.05, 0.1) is 5.56 Å². The lowest BCUT2D eigenvalue weighted by Gasteiger charge is -2.10. The monoisotopic (exact) mass is 210 g/mol. The van der Waals surface area contributed by atoms with Crippen molar-refractivity contribution in [3.8, 4) is 5.75 Å². The summed E-state index contributed by atoms with van der Waals surface area (Å²) < 4.78 is 0. The molecular weight excluding hydrogens is 200 g/mol. The number of hydrogen-bond acceptors (Lipinski definition) is 3. The number of rotatable bonds is 2. The number of carboxylic acids is 2. The fraction of sp³-hybridized carbons (Fsp3) is 0.200. The van der Waals surface area contributed by atoms with Crippen molar-refractivity contribution in [3.05, 3.63) is 28.3 Å². The number of carbonyl (C=O) groups is 2. The predicted octanol–water partition coefficient (Wildman–Crippen LogP) is 1.41. The minimum Gasteiger partial charge on any atom is -0.507 e. The molecule has 80 valence electrons. The molecule has 3 N–H and O–H groups in total. The Balaban J connectivity index is 3.58. The highest BCUT2D eigenvalue weighted by Crippen LogP contribution is 2.27. The van der Waals surface area contributed by atoms with E-state index in [2.05, 4.69) is 0 Å². The first-order valence-electron chi connectivity index (χ1n) is 4.16. The van der Waals surface area contributed by atoms with Crippen LogP contribution in [0.3, 0.4) is 0 Å². The van der Waals surface area contributed by atoms with Crippen LogP contribution in [0.2, 0.25) is 0 Å². The van der Waals surface area contributed by atoms with Gasteiger partial charge >= 0.3 is 11.9 Å². The standard InChI is InChI=1S/C10H10O5/c1-4-5(2)8(10(14)15)7(11)3-6(4)9(12)13/h3,11H,1-2H3,(H,12,13)(H,14,15). The van der Waals surface area contributed by atoms with E-state index >= 15 is 0 Å². The average Bonchev–Trinajstić information content (AvgIpc) is 2.10. The van der Waals surface area contributed by atoms with E-state index in [1.54, 1.807) is 0 Å². The molecule has 1 rings (SSSR count). The summed E-state index contributed by atoms with van der Waals surface area (Å²) in [6.07, 6.45) is 0. The molecule has 0 saturated heterocycles. The van der Waals surface area contributed by atoms with E-state index in [0.717, 1.165) is 6.07 Å². The molecule has 0 aliphatic heterocycles. The fourth-order valence-corrected chi connectivity index (χ4v) is 1.39. The molecule has 0 bridgehead atoms. The number of carboxylic acid groups (broad SMARTS) is 2. The van der Waals surface area contributed by atoms with Gasteiger partial charge in [-0.15, -0.1) is 0 Å². The Bertz CT molecular complexity index is 448. The lowest BCUT2D eigenvalue weighted by molar-refractivity contribution is 0.0676. The Kier molecular flexibility index (Phi) is 2.65. The normalized spacial score (nSPS) is 10.0. The van der Waals surface area contributed by atoms with Crippen molar-refractivity contribution in [2.45, 2.75) is 13.8 Å². The molecule has 5 heteroatoms. The second-order valence-electron chi connectivity index (χ2n) is 3.18. The summed E-state index contributed by atoms with van der Waals surface area (Å²) in [6.45, 7) is 2.97. The van der Waals surface area contributed by atoms with Crippen molar-refractivity contribution in [1.29, 1.82) is 0 Å². The van der Waals surface area contributed by atoms with Gasteiger partial charge in [-0.3, -0.25) is 0 Å². The highest BCUT2D eigenvalue weighted by atomic mass is 16.4. The number of hydrogen-bond donors (Lipinski definition) is 3. The first-order chi connectivity index (χ1) is 6.86. The SMILES string of the molecule is Cc1c(C(=O)O)cc(O)c(C(=O)O)c1C. The van der Waals surface area contributed by atoms with Gasteiger partial charge in [0.2, 0.25) is 0 Å². The second kappa shape index (κ2) is 3.61. The Morgan fingerprint density at radius 3 is 2.00 bits per heavy atom. The zero-order valence-corrected chi connectivity index (χ0v) is 8.24.